The van der Waals surface area contributed by atoms with Crippen molar-refractivity contribution in [2.75, 3.05) is 33.2 Å². The van der Waals surface area contributed by atoms with Crippen LogP contribution in [-0.4, -0.2) is 63.5 Å². The Hall–Kier alpha value is -3.42. The molecule has 0 bridgehead atoms. The number of H-pyrrole nitrogens is 1. The smallest absolute Gasteiger partial charge is 0.250 e. The van der Waals surface area contributed by atoms with E-state index < -0.39 is 5.91 Å². The van der Waals surface area contributed by atoms with Crippen LogP contribution in [0.3, 0.4) is 0 Å². The Bertz CT molecular complexity index is 1210. The number of para-hydroxylation sites is 1. The minimum atomic E-state index is -0.473. The molecule has 1 amide bonds. The first kappa shape index (κ1) is 19.5. The highest BCUT2D eigenvalue weighted by molar-refractivity contribution is 6.04. The third-order valence-corrected chi connectivity index (χ3v) is 5.97. The first-order chi connectivity index (χ1) is 15.1. The molecule has 158 valence electrons. The molecule has 0 spiro atoms. The van der Waals surface area contributed by atoms with E-state index in [1.807, 2.05) is 18.2 Å². The zero-order valence-electron chi connectivity index (χ0n) is 17.6. The van der Waals surface area contributed by atoms with E-state index >= 15 is 0 Å². The van der Waals surface area contributed by atoms with Crippen LogP contribution in [-0.2, 0) is 6.54 Å². The lowest BCUT2D eigenvalue weighted by Crippen LogP contribution is -2.43. The van der Waals surface area contributed by atoms with Gasteiger partial charge in [-0.15, -0.1) is 0 Å². The van der Waals surface area contributed by atoms with Crippen LogP contribution in [0.15, 0.2) is 60.9 Å². The second-order valence-corrected chi connectivity index (χ2v) is 8.20. The summed E-state index contributed by atoms with van der Waals surface area (Å²) in [5.41, 5.74) is 10.7. The molecule has 7 heteroatoms. The number of nitrogens with one attached hydrogen (secondary N) is 1. The molecule has 0 aliphatic carbocycles. The normalized spacial score (nSPS) is 15.5. The molecule has 1 aliphatic heterocycles. The van der Waals surface area contributed by atoms with Crippen LogP contribution in [0.4, 0.5) is 0 Å². The van der Waals surface area contributed by atoms with Crippen molar-refractivity contribution in [3.8, 4) is 17.1 Å². The van der Waals surface area contributed by atoms with E-state index in [1.54, 1.807) is 12.1 Å². The summed E-state index contributed by atoms with van der Waals surface area (Å²) in [5.74, 6) is 0.248. The van der Waals surface area contributed by atoms with Gasteiger partial charge in [0.2, 0.25) is 0 Å². The Morgan fingerprint density at radius 1 is 1.06 bits per heavy atom. The minimum absolute atomic E-state index is 0.428. The Labute approximate surface area is 181 Å². The van der Waals surface area contributed by atoms with Gasteiger partial charge < -0.3 is 20.2 Å². The van der Waals surface area contributed by atoms with Crippen molar-refractivity contribution in [3.05, 3.63) is 72.1 Å². The van der Waals surface area contributed by atoms with Gasteiger partial charge in [0.05, 0.1) is 11.1 Å². The van der Waals surface area contributed by atoms with Crippen molar-refractivity contribution in [2.45, 2.75) is 6.54 Å². The van der Waals surface area contributed by atoms with Crippen LogP contribution in [0.25, 0.3) is 28.1 Å². The van der Waals surface area contributed by atoms with E-state index in [1.165, 1.54) is 5.56 Å². The summed E-state index contributed by atoms with van der Waals surface area (Å²) in [5, 5.41) is 0. The highest BCUT2D eigenvalue weighted by Gasteiger charge is 2.15. The van der Waals surface area contributed by atoms with Gasteiger partial charge in [-0.05, 0) is 55.1 Å². The molecular formula is C24H26N6O. The lowest BCUT2D eigenvalue weighted by Gasteiger charge is -2.32. The van der Waals surface area contributed by atoms with Crippen molar-refractivity contribution in [1.29, 1.82) is 0 Å². The monoisotopic (exact) mass is 414 g/mol. The first-order valence-electron chi connectivity index (χ1n) is 10.5. The van der Waals surface area contributed by atoms with Gasteiger partial charge in [-0.25, -0.2) is 4.98 Å². The van der Waals surface area contributed by atoms with Crippen LogP contribution in [0.5, 0.6) is 0 Å². The van der Waals surface area contributed by atoms with Crippen molar-refractivity contribution < 1.29 is 4.79 Å². The summed E-state index contributed by atoms with van der Waals surface area (Å²) in [6.07, 6.45) is 4.31. The van der Waals surface area contributed by atoms with Gasteiger partial charge in [0.15, 0.2) is 0 Å². The number of carbonyl (C=O) groups is 1. The summed E-state index contributed by atoms with van der Waals surface area (Å²) in [4.78, 5) is 24.4. The van der Waals surface area contributed by atoms with E-state index in [9.17, 15) is 4.79 Å². The van der Waals surface area contributed by atoms with E-state index in [2.05, 4.69) is 62.0 Å². The number of rotatable bonds is 5. The summed E-state index contributed by atoms with van der Waals surface area (Å²) in [6.45, 7) is 5.48. The Kier molecular flexibility index (Phi) is 5.05. The number of aromatic nitrogens is 3. The minimum Gasteiger partial charge on any atom is -0.366 e. The van der Waals surface area contributed by atoms with Gasteiger partial charge in [-0.2, -0.15) is 0 Å². The fourth-order valence-electron chi connectivity index (χ4n) is 4.12. The molecule has 3 N–H and O–H groups in total. The molecule has 5 rings (SSSR count). The Morgan fingerprint density at radius 2 is 1.84 bits per heavy atom. The highest BCUT2D eigenvalue weighted by atomic mass is 16.1. The predicted octanol–water partition coefficient (Wildman–Crippen LogP) is 2.87. The number of hydrogen-bond acceptors (Lipinski definition) is 4. The number of fused-ring (bicyclic) bond motifs is 1. The van der Waals surface area contributed by atoms with Gasteiger partial charge in [-0.3, -0.25) is 9.69 Å². The van der Waals surface area contributed by atoms with Crippen LogP contribution in [0.1, 0.15) is 15.9 Å². The number of benzene rings is 2. The maximum absolute atomic E-state index is 11.7. The van der Waals surface area contributed by atoms with E-state index in [-0.39, 0.29) is 0 Å². The Balaban J connectivity index is 1.34. The summed E-state index contributed by atoms with van der Waals surface area (Å²) in [7, 11) is 2.18. The maximum Gasteiger partial charge on any atom is 0.250 e. The molecule has 7 nitrogen and oxygen atoms in total. The average Bonchev–Trinajstić information content (AvgIpc) is 3.42. The molecule has 31 heavy (non-hydrogen) atoms. The SMILES string of the molecule is CN1CCN(Cc2ccn(-c3ccc(-c4nc5c(C(N)=O)cccc5[nH]4)cc3)c2)CC1. The number of carbonyl (C=O) groups excluding carboxylic acids is 1. The molecule has 1 aliphatic rings. The maximum atomic E-state index is 11.7. The predicted molar refractivity (Wildman–Crippen MR) is 122 cm³/mol. The molecule has 1 fully saturated rings. The lowest BCUT2D eigenvalue weighted by molar-refractivity contribution is 0.100. The van der Waals surface area contributed by atoms with E-state index in [0.29, 0.717) is 11.1 Å². The third kappa shape index (κ3) is 3.97. The summed E-state index contributed by atoms with van der Waals surface area (Å²) >= 11 is 0. The number of hydrogen-bond donors (Lipinski definition) is 2. The van der Waals surface area contributed by atoms with Crippen molar-refractivity contribution in [1.82, 2.24) is 24.3 Å². The number of nitrogens with two attached hydrogens (primary N) is 1. The molecule has 0 saturated carbocycles. The van der Waals surface area contributed by atoms with Gasteiger partial charge in [0.25, 0.3) is 5.91 Å². The van der Waals surface area contributed by atoms with Gasteiger partial charge in [0, 0.05) is 56.4 Å². The van der Waals surface area contributed by atoms with Gasteiger partial charge in [-0.1, -0.05) is 6.07 Å². The number of aromatic amines is 1. The van der Waals surface area contributed by atoms with Crippen molar-refractivity contribution in [3.63, 3.8) is 0 Å². The third-order valence-electron chi connectivity index (χ3n) is 5.97. The molecule has 3 heterocycles. The summed E-state index contributed by atoms with van der Waals surface area (Å²) in [6, 6.07) is 15.8. The molecule has 0 atom stereocenters. The number of amides is 1. The zero-order valence-corrected chi connectivity index (χ0v) is 17.6. The standard InChI is InChI=1S/C24H26N6O/c1-28-11-13-29(14-12-28)15-17-9-10-30(16-17)19-7-5-18(6-8-19)24-26-21-4-2-3-20(23(25)31)22(21)27-24/h2-10,16H,11-15H2,1H3,(H2,25,31)(H,26,27). The largest absolute Gasteiger partial charge is 0.366 e. The molecule has 2 aromatic carbocycles. The van der Waals surface area contributed by atoms with Crippen LogP contribution in [0.2, 0.25) is 0 Å². The van der Waals surface area contributed by atoms with Crippen LogP contribution >= 0.6 is 0 Å². The number of likely N-dealkylation sites (N-methyl/N-ethyl adjacent to an activating group) is 1. The van der Waals surface area contributed by atoms with Crippen molar-refractivity contribution in [2.24, 2.45) is 5.73 Å². The Morgan fingerprint density at radius 3 is 2.58 bits per heavy atom. The second kappa shape index (κ2) is 8.02. The summed E-state index contributed by atoms with van der Waals surface area (Å²) < 4.78 is 2.15. The van der Waals surface area contributed by atoms with Gasteiger partial charge >= 0.3 is 0 Å². The van der Waals surface area contributed by atoms with Crippen LogP contribution < -0.4 is 5.73 Å². The van der Waals surface area contributed by atoms with E-state index in [0.717, 1.165) is 55.3 Å². The number of nitrogens with zero attached hydrogens (tertiary/aromatic N) is 4. The lowest BCUT2D eigenvalue weighted by atomic mass is 10.2. The van der Waals surface area contributed by atoms with E-state index in [4.69, 9.17) is 5.73 Å². The molecule has 0 unspecified atom stereocenters. The fourth-order valence-corrected chi connectivity index (χ4v) is 4.12. The molecule has 0 radical (unpaired) electrons. The molecule has 4 aromatic rings. The van der Waals surface area contributed by atoms with Crippen LogP contribution in [0, 0.1) is 0 Å². The number of imidazole rings is 1. The number of piperazine rings is 1. The van der Waals surface area contributed by atoms with Crippen molar-refractivity contribution >= 4 is 16.9 Å². The molecule has 1 saturated heterocycles. The average molecular weight is 415 g/mol. The second-order valence-electron chi connectivity index (χ2n) is 8.20. The number of primary amides is 1. The zero-order chi connectivity index (χ0) is 21.4. The fraction of sp³-hybridized carbons (Fsp3) is 0.250. The molecular weight excluding hydrogens is 388 g/mol. The topological polar surface area (TPSA) is 83.2 Å². The molecule has 2 aromatic heterocycles. The quantitative estimate of drug-likeness (QED) is 0.526. The van der Waals surface area contributed by atoms with Gasteiger partial charge in [0.1, 0.15) is 11.3 Å². The first-order valence-corrected chi connectivity index (χ1v) is 10.5. The highest BCUT2D eigenvalue weighted by Crippen LogP contribution is 2.24.